The van der Waals surface area contributed by atoms with Gasteiger partial charge in [0, 0.05) is 6.42 Å². The number of amides is 3. The lowest BCUT2D eigenvalue weighted by molar-refractivity contribution is -0.128. The minimum absolute atomic E-state index is 0.0123. The highest BCUT2D eigenvalue weighted by Gasteiger charge is 2.54. The summed E-state index contributed by atoms with van der Waals surface area (Å²) in [6, 6.07) is -0.697. The fourth-order valence-corrected chi connectivity index (χ4v) is 2.33. The summed E-state index contributed by atoms with van der Waals surface area (Å²) in [5, 5.41) is 11.7. The van der Waals surface area contributed by atoms with Crippen molar-refractivity contribution in [1.29, 1.82) is 0 Å². The summed E-state index contributed by atoms with van der Waals surface area (Å²) < 4.78 is 10.8. The largest absolute Gasteiger partial charge is 0.405 e. The monoisotopic (exact) mass is 254 g/mol. The van der Waals surface area contributed by atoms with E-state index in [1.807, 2.05) is 5.32 Å². The van der Waals surface area contributed by atoms with E-state index in [1.54, 1.807) is 0 Å². The van der Waals surface area contributed by atoms with Crippen LogP contribution in [0.4, 0.5) is 4.79 Å². The molecule has 3 fully saturated rings. The van der Waals surface area contributed by atoms with Crippen LogP contribution >= 0.6 is 0 Å². The third kappa shape index (κ3) is 1.46. The predicted octanol–water partition coefficient (Wildman–Crippen LogP) is -1.96. The van der Waals surface area contributed by atoms with Crippen LogP contribution in [0.25, 0.3) is 5.53 Å². The maximum atomic E-state index is 11.8. The fourth-order valence-electron chi connectivity index (χ4n) is 2.33. The first-order chi connectivity index (χ1) is 8.61. The van der Waals surface area contributed by atoms with E-state index in [0.717, 1.165) is 4.90 Å². The predicted molar refractivity (Wildman–Crippen MR) is 53.0 cm³/mol. The Bertz CT molecular complexity index is 474. The Morgan fingerprint density at radius 3 is 3.00 bits per heavy atom. The van der Waals surface area contributed by atoms with Crippen LogP contribution in [0.2, 0.25) is 0 Å². The summed E-state index contributed by atoms with van der Waals surface area (Å²) in [4.78, 5) is 27.2. The van der Waals surface area contributed by atoms with E-state index in [1.165, 1.54) is 0 Å². The summed E-state index contributed by atoms with van der Waals surface area (Å²) in [7, 11) is 0. The standard InChI is InChI=1S/C9H10N4O5/c10-12-6-7(15)11-9(16)13-5-1-3(14)4(18-5)2-17-8(6)13/h3-5,8,14H,1-2H2,(H,11,15,16)/t3-,4+,5-,8-/m1/s1. The summed E-state index contributed by atoms with van der Waals surface area (Å²) in [5.74, 6) is -0.804. The van der Waals surface area contributed by atoms with Gasteiger partial charge in [-0.2, -0.15) is 4.79 Å². The number of ether oxygens (including phenoxy) is 2. The highest BCUT2D eigenvalue weighted by atomic mass is 16.6. The molecule has 18 heavy (non-hydrogen) atoms. The zero-order chi connectivity index (χ0) is 12.9. The van der Waals surface area contributed by atoms with Gasteiger partial charge in [0.2, 0.25) is 6.23 Å². The van der Waals surface area contributed by atoms with E-state index in [-0.39, 0.29) is 18.7 Å². The number of hydrogen-bond acceptors (Lipinski definition) is 5. The molecule has 0 radical (unpaired) electrons. The molecule has 3 saturated heterocycles. The van der Waals surface area contributed by atoms with Crippen LogP contribution in [0.1, 0.15) is 6.42 Å². The van der Waals surface area contributed by atoms with Crippen LogP contribution in [-0.2, 0) is 14.3 Å². The summed E-state index contributed by atoms with van der Waals surface area (Å²) >= 11 is 0. The quantitative estimate of drug-likeness (QED) is 0.383. The molecule has 0 aromatic rings. The van der Waals surface area contributed by atoms with Gasteiger partial charge in [-0.1, -0.05) is 0 Å². The Morgan fingerprint density at radius 2 is 2.28 bits per heavy atom. The number of carbonyl (C=O) groups excluding carboxylic acids is 2. The third-order valence-electron chi connectivity index (χ3n) is 3.21. The molecule has 3 aliphatic rings. The van der Waals surface area contributed by atoms with Gasteiger partial charge in [-0.05, 0) is 0 Å². The lowest BCUT2D eigenvalue weighted by Crippen LogP contribution is -2.64. The second-order valence-electron chi connectivity index (χ2n) is 4.27. The van der Waals surface area contributed by atoms with Crippen molar-refractivity contribution in [3.8, 4) is 0 Å². The first kappa shape index (κ1) is 11.3. The minimum Gasteiger partial charge on any atom is -0.390 e. The van der Waals surface area contributed by atoms with Crippen LogP contribution < -0.4 is 5.32 Å². The zero-order valence-electron chi connectivity index (χ0n) is 9.15. The second-order valence-corrected chi connectivity index (χ2v) is 4.27. The average molecular weight is 254 g/mol. The van der Waals surface area contributed by atoms with E-state index in [2.05, 4.69) is 4.79 Å². The van der Waals surface area contributed by atoms with Crippen molar-refractivity contribution in [2.24, 2.45) is 0 Å². The fraction of sp³-hybridized carbons (Fsp3) is 0.667. The molecule has 9 nitrogen and oxygen atoms in total. The molecule has 3 amide bonds. The Hall–Kier alpha value is -1.80. The number of carbonyl (C=O) groups is 2. The van der Waals surface area contributed by atoms with Crippen molar-refractivity contribution in [3.05, 3.63) is 5.53 Å². The Kier molecular flexibility index (Phi) is 2.42. The molecule has 96 valence electrons. The van der Waals surface area contributed by atoms with Gasteiger partial charge in [-0.15, -0.1) is 0 Å². The second kappa shape index (κ2) is 3.85. The summed E-state index contributed by atoms with van der Waals surface area (Å²) in [6.45, 7) is 0.0123. The topological polar surface area (TPSA) is 124 Å². The van der Waals surface area contributed by atoms with Crippen molar-refractivity contribution < 1.29 is 29.0 Å². The molecule has 0 unspecified atom stereocenters. The molecule has 2 bridgehead atoms. The van der Waals surface area contributed by atoms with Crippen molar-refractivity contribution in [2.45, 2.75) is 31.1 Å². The van der Waals surface area contributed by atoms with E-state index in [0.29, 0.717) is 0 Å². The molecule has 3 heterocycles. The van der Waals surface area contributed by atoms with Gasteiger partial charge in [0.25, 0.3) is 0 Å². The molecule has 3 rings (SSSR count). The molecule has 0 saturated carbocycles. The smallest absolute Gasteiger partial charge is 0.390 e. The highest BCUT2D eigenvalue weighted by Crippen LogP contribution is 2.30. The number of rotatable bonds is 0. The van der Waals surface area contributed by atoms with Crippen LogP contribution in [0, 0.1) is 0 Å². The van der Waals surface area contributed by atoms with Gasteiger partial charge in [-0.3, -0.25) is 15.0 Å². The lowest BCUT2D eigenvalue weighted by Gasteiger charge is -2.33. The maximum Gasteiger partial charge on any atom is 0.405 e. The lowest BCUT2D eigenvalue weighted by atomic mass is 10.1. The van der Waals surface area contributed by atoms with Gasteiger partial charge >= 0.3 is 17.6 Å². The molecule has 0 spiro atoms. The van der Waals surface area contributed by atoms with Gasteiger partial charge in [-0.25, -0.2) is 4.79 Å². The van der Waals surface area contributed by atoms with Gasteiger partial charge in [0.15, 0.2) is 0 Å². The first-order valence-corrected chi connectivity index (χ1v) is 5.42. The van der Waals surface area contributed by atoms with E-state index >= 15 is 0 Å². The number of aliphatic hydroxyl groups is 1. The zero-order valence-corrected chi connectivity index (χ0v) is 9.15. The Balaban J connectivity index is 1.99. The molecular formula is C9H10N4O5. The average Bonchev–Trinajstić information content (AvgIpc) is 2.55. The Morgan fingerprint density at radius 1 is 1.50 bits per heavy atom. The number of fused-ring (bicyclic) bond motifs is 4. The highest BCUT2D eigenvalue weighted by molar-refractivity contribution is 6.42. The van der Waals surface area contributed by atoms with Crippen LogP contribution in [0.5, 0.6) is 0 Å². The third-order valence-corrected chi connectivity index (χ3v) is 3.21. The van der Waals surface area contributed by atoms with E-state index < -0.39 is 36.6 Å². The number of aliphatic hydroxyl groups excluding tert-OH is 1. The molecule has 4 atom stereocenters. The van der Waals surface area contributed by atoms with Gasteiger partial charge in [0.1, 0.15) is 12.3 Å². The van der Waals surface area contributed by atoms with E-state index in [9.17, 15) is 14.7 Å². The maximum absolute atomic E-state index is 11.8. The molecular weight excluding hydrogens is 244 g/mol. The van der Waals surface area contributed by atoms with E-state index in [4.69, 9.17) is 15.0 Å². The van der Waals surface area contributed by atoms with Crippen LogP contribution in [0.3, 0.4) is 0 Å². The summed E-state index contributed by atoms with van der Waals surface area (Å²) in [5.41, 5.74) is 8.51. The van der Waals surface area contributed by atoms with Crippen LogP contribution in [-0.4, -0.2) is 63.7 Å². The number of urea groups is 1. The number of nitrogens with one attached hydrogen (secondary N) is 1. The number of hydrogen-bond donors (Lipinski definition) is 2. The molecule has 3 aliphatic heterocycles. The molecule has 9 heteroatoms. The molecule has 0 aromatic heterocycles. The Labute approximate surface area is 101 Å². The summed E-state index contributed by atoms with van der Waals surface area (Å²) in [6.07, 6.45) is -2.84. The van der Waals surface area contributed by atoms with Crippen molar-refractivity contribution in [1.82, 2.24) is 10.2 Å². The SMILES string of the molecule is [N-]=[N+]=C1C(=O)NC(=O)N2[C@@H]1OC[C@@H]1O[C@@H]2C[C@H]1O. The van der Waals surface area contributed by atoms with Crippen molar-refractivity contribution in [2.75, 3.05) is 6.61 Å². The minimum atomic E-state index is -1.08. The normalized spacial score (nSPS) is 38.9. The van der Waals surface area contributed by atoms with Crippen LogP contribution in [0.15, 0.2) is 0 Å². The molecule has 0 aromatic carbocycles. The van der Waals surface area contributed by atoms with Crippen molar-refractivity contribution in [3.63, 3.8) is 0 Å². The number of imide groups is 1. The van der Waals surface area contributed by atoms with Crippen molar-refractivity contribution >= 4 is 17.6 Å². The van der Waals surface area contributed by atoms with Gasteiger partial charge < -0.3 is 20.1 Å². The molecule has 0 aliphatic carbocycles. The van der Waals surface area contributed by atoms with Gasteiger partial charge in [0.05, 0.1) is 12.7 Å². The molecule has 2 N–H and O–H groups in total. The number of nitrogens with zero attached hydrogens (tertiary/aromatic N) is 3. The first-order valence-electron chi connectivity index (χ1n) is 5.42.